The first-order valence-electron chi connectivity index (χ1n) is 3.97. The van der Waals surface area contributed by atoms with E-state index in [1.807, 2.05) is 0 Å². The molecule has 1 heterocycles. The van der Waals surface area contributed by atoms with Gasteiger partial charge < -0.3 is 10.5 Å². The molecule has 0 fully saturated rings. The Morgan fingerprint density at radius 2 is 2.19 bits per heavy atom. The SMILES string of the molecule is NCc1c(C=O)cc(OC(F)(F)F)nc1I. The molecule has 4 nitrogen and oxygen atoms in total. The van der Waals surface area contributed by atoms with Crippen LogP contribution in [0.25, 0.3) is 0 Å². The number of carbonyl (C=O) groups is 1. The van der Waals surface area contributed by atoms with Crippen molar-refractivity contribution < 1.29 is 22.7 Å². The predicted molar refractivity (Wildman–Crippen MR) is 56.9 cm³/mol. The van der Waals surface area contributed by atoms with Crippen molar-refractivity contribution in [1.29, 1.82) is 0 Å². The average molecular weight is 346 g/mol. The van der Waals surface area contributed by atoms with Crippen molar-refractivity contribution in [1.82, 2.24) is 4.98 Å². The molecule has 0 aliphatic carbocycles. The summed E-state index contributed by atoms with van der Waals surface area (Å²) >= 11 is 1.69. The van der Waals surface area contributed by atoms with Gasteiger partial charge in [0.2, 0.25) is 5.88 Å². The number of nitrogens with two attached hydrogens (primary N) is 1. The van der Waals surface area contributed by atoms with Crippen molar-refractivity contribution >= 4 is 28.9 Å². The minimum atomic E-state index is -4.83. The smallest absolute Gasteiger partial charge is 0.388 e. The number of halogens is 4. The molecule has 2 N–H and O–H groups in total. The van der Waals surface area contributed by atoms with Gasteiger partial charge in [-0.3, -0.25) is 4.79 Å². The van der Waals surface area contributed by atoms with Gasteiger partial charge >= 0.3 is 6.36 Å². The number of aldehydes is 1. The Labute approximate surface area is 102 Å². The van der Waals surface area contributed by atoms with Crippen LogP contribution in [0.2, 0.25) is 0 Å². The second kappa shape index (κ2) is 4.95. The third-order valence-corrected chi connectivity index (χ3v) is 2.53. The molecule has 0 aromatic carbocycles. The summed E-state index contributed by atoms with van der Waals surface area (Å²) in [6, 6.07) is 0.908. The summed E-state index contributed by atoms with van der Waals surface area (Å²) in [4.78, 5) is 14.2. The van der Waals surface area contributed by atoms with Gasteiger partial charge in [-0.2, -0.15) is 0 Å². The zero-order valence-electron chi connectivity index (χ0n) is 7.71. The topological polar surface area (TPSA) is 65.2 Å². The lowest BCUT2D eigenvalue weighted by atomic mass is 10.1. The molecule has 16 heavy (non-hydrogen) atoms. The fraction of sp³-hybridized carbons (Fsp3) is 0.250. The van der Waals surface area contributed by atoms with Crippen LogP contribution in [0.3, 0.4) is 0 Å². The molecular weight excluding hydrogens is 340 g/mol. The van der Waals surface area contributed by atoms with Gasteiger partial charge in [0.05, 0.1) is 0 Å². The lowest BCUT2D eigenvalue weighted by Gasteiger charge is -2.10. The van der Waals surface area contributed by atoms with E-state index in [0.29, 0.717) is 11.8 Å². The third-order valence-electron chi connectivity index (χ3n) is 1.64. The van der Waals surface area contributed by atoms with Crippen molar-refractivity contribution in [3.05, 3.63) is 20.9 Å². The summed E-state index contributed by atoms with van der Waals surface area (Å²) in [5.74, 6) is -0.670. The van der Waals surface area contributed by atoms with E-state index in [1.54, 1.807) is 22.6 Å². The number of hydrogen-bond donors (Lipinski definition) is 1. The molecule has 88 valence electrons. The highest BCUT2D eigenvalue weighted by molar-refractivity contribution is 14.1. The maximum absolute atomic E-state index is 11.9. The summed E-state index contributed by atoms with van der Waals surface area (Å²) < 4.78 is 39.6. The van der Waals surface area contributed by atoms with E-state index in [-0.39, 0.29) is 15.8 Å². The Morgan fingerprint density at radius 1 is 1.56 bits per heavy atom. The maximum atomic E-state index is 11.9. The van der Waals surface area contributed by atoms with Crippen LogP contribution in [0.15, 0.2) is 6.07 Å². The van der Waals surface area contributed by atoms with Gasteiger partial charge in [0, 0.05) is 23.7 Å². The molecule has 0 atom stereocenters. The highest BCUT2D eigenvalue weighted by Gasteiger charge is 2.32. The average Bonchev–Trinajstić information content (AvgIpc) is 2.14. The van der Waals surface area contributed by atoms with Crippen LogP contribution >= 0.6 is 22.6 Å². The van der Waals surface area contributed by atoms with Crippen LogP contribution in [0.5, 0.6) is 5.88 Å². The molecule has 0 unspecified atom stereocenters. The first-order chi connectivity index (χ1) is 7.37. The van der Waals surface area contributed by atoms with Crippen molar-refractivity contribution in [3.63, 3.8) is 0 Å². The van der Waals surface area contributed by atoms with Crippen LogP contribution in [-0.2, 0) is 6.54 Å². The zero-order valence-corrected chi connectivity index (χ0v) is 9.87. The summed E-state index contributed by atoms with van der Waals surface area (Å²) in [5, 5.41) is 0. The molecule has 0 aliphatic heterocycles. The van der Waals surface area contributed by atoms with Crippen LogP contribution in [0.1, 0.15) is 15.9 Å². The van der Waals surface area contributed by atoms with Crippen LogP contribution in [0, 0.1) is 3.70 Å². The van der Waals surface area contributed by atoms with E-state index >= 15 is 0 Å². The second-order valence-corrected chi connectivity index (χ2v) is 3.71. The van der Waals surface area contributed by atoms with Crippen LogP contribution < -0.4 is 10.5 Å². The highest BCUT2D eigenvalue weighted by atomic mass is 127. The van der Waals surface area contributed by atoms with Gasteiger partial charge in [0.1, 0.15) is 3.70 Å². The Balaban J connectivity index is 3.15. The Kier molecular flexibility index (Phi) is 4.08. The molecule has 1 aromatic heterocycles. The summed E-state index contributed by atoms with van der Waals surface area (Å²) in [5.41, 5.74) is 5.77. The van der Waals surface area contributed by atoms with Crippen LogP contribution in [0.4, 0.5) is 13.2 Å². The summed E-state index contributed by atoms with van der Waals surface area (Å²) in [6.07, 6.45) is -4.42. The largest absolute Gasteiger partial charge is 0.574 e. The van der Waals surface area contributed by atoms with Gasteiger partial charge in [-0.15, -0.1) is 13.2 Å². The number of nitrogens with zero attached hydrogens (tertiary/aromatic N) is 1. The van der Waals surface area contributed by atoms with Gasteiger partial charge in [-0.25, -0.2) is 4.98 Å². The molecule has 0 saturated carbocycles. The minimum absolute atomic E-state index is 0.0195. The van der Waals surface area contributed by atoms with E-state index in [9.17, 15) is 18.0 Å². The van der Waals surface area contributed by atoms with Gasteiger partial charge in [-0.1, -0.05) is 0 Å². The highest BCUT2D eigenvalue weighted by Crippen LogP contribution is 2.24. The third kappa shape index (κ3) is 3.30. The minimum Gasteiger partial charge on any atom is -0.388 e. The zero-order chi connectivity index (χ0) is 12.3. The Morgan fingerprint density at radius 3 is 2.62 bits per heavy atom. The maximum Gasteiger partial charge on any atom is 0.574 e. The van der Waals surface area contributed by atoms with Gasteiger partial charge in [0.15, 0.2) is 6.29 Å². The van der Waals surface area contributed by atoms with Crippen molar-refractivity contribution in [3.8, 4) is 5.88 Å². The molecule has 0 aliphatic rings. The lowest BCUT2D eigenvalue weighted by molar-refractivity contribution is -0.276. The normalized spacial score (nSPS) is 11.3. The second-order valence-electron chi connectivity index (χ2n) is 2.69. The molecule has 1 rings (SSSR count). The first kappa shape index (κ1) is 13.2. The number of ether oxygens (including phenoxy) is 1. The lowest BCUT2D eigenvalue weighted by Crippen LogP contribution is -2.19. The molecule has 0 amide bonds. The fourth-order valence-electron chi connectivity index (χ4n) is 1.01. The number of hydrogen-bond acceptors (Lipinski definition) is 4. The van der Waals surface area contributed by atoms with E-state index in [4.69, 9.17) is 5.73 Å². The van der Waals surface area contributed by atoms with E-state index in [0.717, 1.165) is 6.07 Å². The molecule has 0 radical (unpaired) electrons. The van der Waals surface area contributed by atoms with E-state index in [1.165, 1.54) is 0 Å². The number of carbonyl (C=O) groups excluding carboxylic acids is 1. The van der Waals surface area contributed by atoms with E-state index in [2.05, 4.69) is 9.72 Å². The van der Waals surface area contributed by atoms with Crippen molar-refractivity contribution in [2.75, 3.05) is 0 Å². The Hall–Kier alpha value is -0.900. The Bertz CT molecular complexity index is 409. The van der Waals surface area contributed by atoms with Gasteiger partial charge in [-0.05, 0) is 22.6 Å². The number of alkyl halides is 3. The van der Waals surface area contributed by atoms with Gasteiger partial charge in [0.25, 0.3) is 0 Å². The number of pyridine rings is 1. The molecule has 1 aromatic rings. The molecule has 0 bridgehead atoms. The predicted octanol–water partition coefficient (Wildman–Crippen LogP) is 1.86. The van der Waals surface area contributed by atoms with Crippen LogP contribution in [-0.4, -0.2) is 17.6 Å². The summed E-state index contributed by atoms with van der Waals surface area (Å²) in [6.45, 7) is 0.0195. The van der Waals surface area contributed by atoms with Crippen molar-refractivity contribution in [2.45, 2.75) is 12.9 Å². The van der Waals surface area contributed by atoms with Crippen molar-refractivity contribution in [2.24, 2.45) is 5.73 Å². The van der Waals surface area contributed by atoms with E-state index < -0.39 is 12.2 Å². The molecule has 8 heteroatoms. The summed E-state index contributed by atoms with van der Waals surface area (Å²) in [7, 11) is 0. The quantitative estimate of drug-likeness (QED) is 0.516. The standard InChI is InChI=1S/C8H6F3IN2O2/c9-8(10,11)16-6-1-4(3-15)5(2-13)7(12)14-6/h1,3H,2,13H2. The number of aromatic nitrogens is 1. The first-order valence-corrected chi connectivity index (χ1v) is 5.05. The molecule has 0 spiro atoms. The number of rotatable bonds is 3. The molecule has 0 saturated heterocycles. The molecular formula is C8H6F3IN2O2. The monoisotopic (exact) mass is 346 g/mol. The fourth-order valence-corrected chi connectivity index (χ4v) is 1.78.